The number of ether oxygens (including phenoxy) is 2. The molecule has 5 nitrogen and oxygen atoms in total. The lowest BCUT2D eigenvalue weighted by molar-refractivity contribution is -0.140. The molecule has 2 atom stereocenters. The fourth-order valence-corrected chi connectivity index (χ4v) is 3.63. The van der Waals surface area contributed by atoms with E-state index in [1.807, 2.05) is 49.1 Å². The van der Waals surface area contributed by atoms with Crippen LogP contribution in [0.5, 0.6) is 5.75 Å². The molecule has 0 aromatic heterocycles. The Morgan fingerprint density at radius 2 is 1.61 bits per heavy atom. The van der Waals surface area contributed by atoms with Gasteiger partial charge in [-0.05, 0) is 62.9 Å². The summed E-state index contributed by atoms with van der Waals surface area (Å²) in [4.78, 5) is 26.6. The minimum absolute atomic E-state index is 0.129. The highest BCUT2D eigenvalue weighted by Crippen LogP contribution is 2.22. The lowest BCUT2D eigenvalue weighted by Crippen LogP contribution is -2.49. The summed E-state index contributed by atoms with van der Waals surface area (Å²) in [6, 6.07) is 17.0. The summed E-state index contributed by atoms with van der Waals surface area (Å²) >= 11 is 0. The molecule has 0 N–H and O–H groups in total. The Kier molecular flexibility index (Phi) is 6.69. The quantitative estimate of drug-likeness (QED) is 0.704. The maximum Gasteiger partial charge on any atom is 0.338 e. The zero-order valence-corrected chi connectivity index (χ0v) is 16.5. The maximum atomic E-state index is 12.5. The molecule has 1 saturated heterocycles. The molecule has 0 spiro atoms. The number of benzene rings is 2. The number of carbonyl (C=O) groups excluding carboxylic acids is 2. The van der Waals surface area contributed by atoms with Gasteiger partial charge in [-0.15, -0.1) is 0 Å². The van der Waals surface area contributed by atoms with E-state index in [1.165, 1.54) is 0 Å². The summed E-state index contributed by atoms with van der Waals surface area (Å²) < 4.78 is 11.0. The van der Waals surface area contributed by atoms with Crippen LogP contribution >= 0.6 is 0 Å². The molecule has 2 aromatic rings. The van der Waals surface area contributed by atoms with Gasteiger partial charge in [-0.25, -0.2) is 4.79 Å². The van der Waals surface area contributed by atoms with Gasteiger partial charge in [-0.3, -0.25) is 4.79 Å². The van der Waals surface area contributed by atoms with Crippen LogP contribution in [0.3, 0.4) is 0 Å². The number of carbonyl (C=O) groups is 2. The molecule has 0 unspecified atom stereocenters. The van der Waals surface area contributed by atoms with Gasteiger partial charge in [0.15, 0.2) is 6.61 Å². The van der Waals surface area contributed by atoms with Gasteiger partial charge >= 0.3 is 5.97 Å². The van der Waals surface area contributed by atoms with Gasteiger partial charge in [-0.1, -0.05) is 30.3 Å². The minimum atomic E-state index is -0.500. The van der Waals surface area contributed by atoms with E-state index in [-0.39, 0.29) is 24.6 Å². The Hall–Kier alpha value is -2.82. The lowest BCUT2D eigenvalue weighted by Gasteiger charge is -2.38. The van der Waals surface area contributed by atoms with E-state index in [4.69, 9.17) is 9.47 Å². The van der Waals surface area contributed by atoms with Crippen LogP contribution in [-0.2, 0) is 16.1 Å². The van der Waals surface area contributed by atoms with Gasteiger partial charge in [0.25, 0.3) is 5.91 Å². The first-order valence-electron chi connectivity index (χ1n) is 9.79. The molecule has 5 heteroatoms. The van der Waals surface area contributed by atoms with Gasteiger partial charge in [0, 0.05) is 12.1 Å². The summed E-state index contributed by atoms with van der Waals surface area (Å²) in [6.07, 6.45) is 3.12. The van der Waals surface area contributed by atoms with Crippen molar-refractivity contribution in [3.63, 3.8) is 0 Å². The standard InChI is InChI=1S/C23H27NO4/c1-17-7-6-8-18(2)24(17)22(25)16-28-23(26)20-11-13-21(14-12-20)27-15-19-9-4-3-5-10-19/h3-5,9-14,17-18H,6-8,15-16H2,1-2H3/t17-,18-/m0/s1. The Morgan fingerprint density at radius 1 is 0.964 bits per heavy atom. The highest BCUT2D eigenvalue weighted by molar-refractivity contribution is 5.91. The number of likely N-dealkylation sites (tertiary alicyclic amines) is 1. The van der Waals surface area contributed by atoms with Crippen molar-refractivity contribution in [2.75, 3.05) is 6.61 Å². The first-order chi connectivity index (χ1) is 13.5. The predicted molar refractivity (Wildman–Crippen MR) is 107 cm³/mol. The van der Waals surface area contributed by atoms with Gasteiger partial charge in [-0.2, -0.15) is 0 Å². The minimum Gasteiger partial charge on any atom is -0.489 e. The second kappa shape index (κ2) is 9.40. The molecule has 1 fully saturated rings. The number of piperidine rings is 1. The summed E-state index contributed by atoms with van der Waals surface area (Å²) in [6.45, 7) is 4.33. The molecular formula is C23H27NO4. The molecular weight excluding hydrogens is 354 g/mol. The van der Waals surface area contributed by atoms with Crippen molar-refractivity contribution < 1.29 is 19.1 Å². The van der Waals surface area contributed by atoms with Gasteiger partial charge in [0.1, 0.15) is 12.4 Å². The van der Waals surface area contributed by atoms with Crippen LogP contribution in [0.25, 0.3) is 0 Å². The van der Waals surface area contributed by atoms with Crippen molar-refractivity contribution >= 4 is 11.9 Å². The first-order valence-corrected chi connectivity index (χ1v) is 9.79. The normalized spacial score (nSPS) is 19.1. The summed E-state index contributed by atoms with van der Waals surface area (Å²) in [5.41, 5.74) is 1.48. The van der Waals surface area contributed by atoms with Crippen molar-refractivity contribution in [2.45, 2.75) is 51.8 Å². The van der Waals surface area contributed by atoms with Crippen LogP contribution in [0.15, 0.2) is 54.6 Å². The molecule has 1 aliphatic heterocycles. The highest BCUT2D eigenvalue weighted by Gasteiger charge is 2.29. The Labute approximate surface area is 166 Å². The average molecular weight is 381 g/mol. The molecule has 148 valence electrons. The van der Waals surface area contributed by atoms with E-state index in [2.05, 4.69) is 0 Å². The Morgan fingerprint density at radius 3 is 2.25 bits per heavy atom. The topological polar surface area (TPSA) is 55.8 Å². The molecule has 0 aliphatic carbocycles. The van der Waals surface area contributed by atoms with E-state index in [0.717, 1.165) is 24.8 Å². The van der Waals surface area contributed by atoms with Gasteiger partial charge in [0.2, 0.25) is 0 Å². The molecule has 1 heterocycles. The van der Waals surface area contributed by atoms with Crippen molar-refractivity contribution in [1.82, 2.24) is 4.90 Å². The summed E-state index contributed by atoms with van der Waals surface area (Å²) in [5.74, 6) is 0.0450. The second-order valence-corrected chi connectivity index (χ2v) is 7.30. The number of esters is 1. The van der Waals surface area contributed by atoms with Gasteiger partial charge < -0.3 is 14.4 Å². The van der Waals surface area contributed by atoms with Crippen LogP contribution in [0, 0.1) is 0 Å². The van der Waals surface area contributed by atoms with E-state index >= 15 is 0 Å². The van der Waals surface area contributed by atoms with Crippen molar-refractivity contribution in [3.05, 3.63) is 65.7 Å². The number of amides is 1. The first kappa shape index (κ1) is 19.9. The molecule has 0 radical (unpaired) electrons. The second-order valence-electron chi connectivity index (χ2n) is 7.30. The van der Waals surface area contributed by atoms with E-state index in [1.54, 1.807) is 24.3 Å². The molecule has 2 aromatic carbocycles. The fourth-order valence-electron chi connectivity index (χ4n) is 3.63. The molecule has 3 rings (SSSR count). The number of nitrogens with zero attached hydrogens (tertiary/aromatic N) is 1. The summed E-state index contributed by atoms with van der Waals surface area (Å²) in [7, 11) is 0. The average Bonchev–Trinajstić information content (AvgIpc) is 2.71. The third-order valence-corrected chi connectivity index (χ3v) is 5.15. The lowest BCUT2D eigenvalue weighted by atomic mass is 9.97. The van der Waals surface area contributed by atoms with Crippen LogP contribution in [-0.4, -0.2) is 35.5 Å². The van der Waals surface area contributed by atoms with E-state index in [9.17, 15) is 9.59 Å². The number of rotatable bonds is 6. The monoisotopic (exact) mass is 381 g/mol. The van der Waals surface area contributed by atoms with Crippen LogP contribution in [0.1, 0.15) is 49.0 Å². The molecule has 1 amide bonds. The van der Waals surface area contributed by atoms with Crippen molar-refractivity contribution in [3.8, 4) is 5.75 Å². The fraction of sp³-hybridized carbons (Fsp3) is 0.391. The Balaban J connectivity index is 1.49. The third kappa shape index (κ3) is 5.12. The zero-order chi connectivity index (χ0) is 19.9. The third-order valence-electron chi connectivity index (χ3n) is 5.15. The smallest absolute Gasteiger partial charge is 0.338 e. The maximum absolute atomic E-state index is 12.5. The highest BCUT2D eigenvalue weighted by atomic mass is 16.5. The summed E-state index contributed by atoms with van der Waals surface area (Å²) in [5, 5.41) is 0. The Bertz CT molecular complexity index is 778. The number of hydrogen-bond donors (Lipinski definition) is 0. The van der Waals surface area contributed by atoms with Crippen LogP contribution in [0.2, 0.25) is 0 Å². The van der Waals surface area contributed by atoms with Crippen LogP contribution < -0.4 is 4.74 Å². The van der Waals surface area contributed by atoms with Crippen LogP contribution in [0.4, 0.5) is 0 Å². The van der Waals surface area contributed by atoms with E-state index < -0.39 is 5.97 Å². The van der Waals surface area contributed by atoms with Crippen molar-refractivity contribution in [2.24, 2.45) is 0 Å². The molecule has 28 heavy (non-hydrogen) atoms. The predicted octanol–water partition coefficient (Wildman–Crippen LogP) is 4.21. The molecule has 0 bridgehead atoms. The van der Waals surface area contributed by atoms with Gasteiger partial charge in [0.05, 0.1) is 5.56 Å². The largest absolute Gasteiger partial charge is 0.489 e. The zero-order valence-electron chi connectivity index (χ0n) is 16.5. The SMILES string of the molecule is C[C@H]1CCC[C@H](C)N1C(=O)COC(=O)c1ccc(OCc2ccccc2)cc1. The number of hydrogen-bond acceptors (Lipinski definition) is 4. The van der Waals surface area contributed by atoms with E-state index in [0.29, 0.717) is 17.9 Å². The molecule has 0 saturated carbocycles. The molecule has 1 aliphatic rings. The van der Waals surface area contributed by atoms with Crippen molar-refractivity contribution in [1.29, 1.82) is 0 Å².